The van der Waals surface area contributed by atoms with E-state index in [9.17, 15) is 0 Å². The third-order valence-electron chi connectivity index (χ3n) is 4.91. The van der Waals surface area contributed by atoms with Crippen LogP contribution in [0.3, 0.4) is 0 Å². The first-order valence-electron chi connectivity index (χ1n) is 9.06. The zero-order valence-electron chi connectivity index (χ0n) is 15.0. The molecule has 3 aromatic rings. The largest absolute Gasteiger partial charge is 0.497 e. The lowest BCUT2D eigenvalue weighted by Crippen LogP contribution is -2.31. The second kappa shape index (κ2) is 7.70. The summed E-state index contributed by atoms with van der Waals surface area (Å²) in [5.74, 6) is 1.86. The molecule has 4 rings (SSSR count). The first kappa shape index (κ1) is 16.8. The number of hydrogen-bond acceptors (Lipinski definition) is 5. The molecule has 0 saturated carbocycles. The molecular weight excluding hydrogens is 326 g/mol. The van der Waals surface area contributed by atoms with Crippen LogP contribution >= 0.6 is 0 Å². The van der Waals surface area contributed by atoms with Crippen LogP contribution in [-0.2, 0) is 19.4 Å². The molecule has 1 aliphatic heterocycles. The van der Waals surface area contributed by atoms with E-state index in [0.29, 0.717) is 0 Å². The van der Waals surface area contributed by atoms with Crippen molar-refractivity contribution in [2.24, 2.45) is 0 Å². The summed E-state index contributed by atoms with van der Waals surface area (Å²) in [6, 6.07) is 12.1. The SMILES string of the molecule is COc1cccc(-c2noc3c2CN(CCCc2cccnc2)CC3)c1. The van der Waals surface area contributed by atoms with Crippen LogP contribution in [0.5, 0.6) is 5.75 Å². The first-order valence-corrected chi connectivity index (χ1v) is 9.06. The van der Waals surface area contributed by atoms with Gasteiger partial charge in [0.15, 0.2) is 0 Å². The number of aromatic nitrogens is 2. The number of aryl methyl sites for hydroxylation is 1. The van der Waals surface area contributed by atoms with Crippen LogP contribution in [0.2, 0.25) is 0 Å². The minimum absolute atomic E-state index is 0.836. The van der Waals surface area contributed by atoms with Gasteiger partial charge >= 0.3 is 0 Å². The fourth-order valence-electron chi connectivity index (χ4n) is 3.51. The smallest absolute Gasteiger partial charge is 0.143 e. The van der Waals surface area contributed by atoms with Gasteiger partial charge in [-0.25, -0.2) is 0 Å². The van der Waals surface area contributed by atoms with Gasteiger partial charge in [-0.1, -0.05) is 23.4 Å². The van der Waals surface area contributed by atoms with E-state index in [0.717, 1.165) is 61.7 Å². The Morgan fingerprint density at radius 3 is 3.04 bits per heavy atom. The Bertz CT molecular complexity index is 861. The first-order chi connectivity index (χ1) is 12.8. The molecule has 0 bridgehead atoms. The molecule has 26 heavy (non-hydrogen) atoms. The predicted molar refractivity (Wildman–Crippen MR) is 100 cm³/mol. The Labute approximate surface area is 153 Å². The summed E-state index contributed by atoms with van der Waals surface area (Å²) in [6.07, 6.45) is 6.88. The van der Waals surface area contributed by atoms with Crippen molar-refractivity contribution < 1.29 is 9.26 Å². The lowest BCUT2D eigenvalue weighted by Gasteiger charge is -2.26. The molecular formula is C21H23N3O2. The molecule has 0 radical (unpaired) electrons. The highest BCUT2D eigenvalue weighted by molar-refractivity contribution is 5.65. The van der Waals surface area contributed by atoms with Gasteiger partial charge in [0.05, 0.1) is 7.11 Å². The van der Waals surface area contributed by atoms with Gasteiger partial charge < -0.3 is 9.26 Å². The molecule has 0 N–H and O–H groups in total. The standard InChI is InChI=1S/C21H23N3O2/c1-25-18-8-2-7-17(13-18)21-19-15-24(12-9-20(19)26-23-21)11-4-6-16-5-3-10-22-14-16/h2-3,5,7-8,10,13-14H,4,6,9,11-12,15H2,1H3. The second-order valence-electron chi connectivity index (χ2n) is 6.66. The van der Waals surface area contributed by atoms with Crippen molar-refractivity contribution in [1.82, 2.24) is 15.0 Å². The van der Waals surface area contributed by atoms with E-state index in [-0.39, 0.29) is 0 Å². The number of rotatable bonds is 6. The average Bonchev–Trinajstić information content (AvgIpc) is 3.12. The van der Waals surface area contributed by atoms with E-state index < -0.39 is 0 Å². The van der Waals surface area contributed by atoms with Gasteiger partial charge in [0.25, 0.3) is 0 Å². The van der Waals surface area contributed by atoms with Crippen LogP contribution in [0.1, 0.15) is 23.3 Å². The fourth-order valence-corrected chi connectivity index (χ4v) is 3.51. The maximum atomic E-state index is 5.61. The molecule has 0 amide bonds. The molecule has 1 aromatic carbocycles. The van der Waals surface area contributed by atoms with E-state index >= 15 is 0 Å². The van der Waals surface area contributed by atoms with Gasteiger partial charge in [-0.15, -0.1) is 0 Å². The number of hydrogen-bond donors (Lipinski definition) is 0. The van der Waals surface area contributed by atoms with E-state index in [1.54, 1.807) is 7.11 Å². The highest BCUT2D eigenvalue weighted by Crippen LogP contribution is 2.31. The third kappa shape index (κ3) is 3.63. The van der Waals surface area contributed by atoms with Gasteiger partial charge in [0, 0.05) is 43.0 Å². The number of pyridine rings is 1. The Kier molecular flexibility index (Phi) is 4.97. The minimum atomic E-state index is 0.836. The van der Waals surface area contributed by atoms with Crippen LogP contribution in [0.15, 0.2) is 53.3 Å². The highest BCUT2D eigenvalue weighted by atomic mass is 16.5. The number of nitrogens with zero attached hydrogens (tertiary/aromatic N) is 3. The number of methoxy groups -OCH3 is 1. The maximum absolute atomic E-state index is 5.61. The molecule has 1 aliphatic rings. The van der Waals surface area contributed by atoms with Crippen LogP contribution in [0.4, 0.5) is 0 Å². The Hall–Kier alpha value is -2.66. The van der Waals surface area contributed by atoms with Crippen molar-refractivity contribution in [2.75, 3.05) is 20.2 Å². The zero-order chi connectivity index (χ0) is 17.8. The van der Waals surface area contributed by atoms with Gasteiger partial charge in [-0.05, 0) is 43.1 Å². The Morgan fingerprint density at radius 1 is 1.23 bits per heavy atom. The van der Waals surface area contributed by atoms with Crippen molar-refractivity contribution in [3.63, 3.8) is 0 Å². The summed E-state index contributed by atoms with van der Waals surface area (Å²) in [6.45, 7) is 2.97. The van der Waals surface area contributed by atoms with Crippen LogP contribution in [-0.4, -0.2) is 35.2 Å². The summed E-state index contributed by atoms with van der Waals surface area (Å²) in [5.41, 5.74) is 4.50. The highest BCUT2D eigenvalue weighted by Gasteiger charge is 2.24. The quantitative estimate of drug-likeness (QED) is 0.679. The zero-order valence-corrected chi connectivity index (χ0v) is 15.0. The monoisotopic (exact) mass is 349 g/mol. The van der Waals surface area contributed by atoms with Crippen molar-refractivity contribution in [3.8, 4) is 17.0 Å². The summed E-state index contributed by atoms with van der Waals surface area (Å²) < 4.78 is 11.0. The van der Waals surface area contributed by atoms with Crippen molar-refractivity contribution >= 4 is 0 Å². The summed E-state index contributed by atoms with van der Waals surface area (Å²) in [4.78, 5) is 6.67. The van der Waals surface area contributed by atoms with Gasteiger partial charge in [0.2, 0.25) is 0 Å². The molecule has 0 aliphatic carbocycles. The molecule has 5 nitrogen and oxygen atoms in total. The molecule has 0 atom stereocenters. The minimum Gasteiger partial charge on any atom is -0.497 e. The molecule has 0 unspecified atom stereocenters. The topological polar surface area (TPSA) is 51.4 Å². The molecule has 0 fully saturated rings. The van der Waals surface area contributed by atoms with Crippen LogP contribution < -0.4 is 4.74 Å². The summed E-state index contributed by atoms with van der Waals surface area (Å²) in [7, 11) is 1.68. The van der Waals surface area contributed by atoms with Crippen LogP contribution in [0.25, 0.3) is 11.3 Å². The van der Waals surface area contributed by atoms with E-state index in [4.69, 9.17) is 9.26 Å². The number of ether oxygens (including phenoxy) is 1. The Morgan fingerprint density at radius 2 is 2.19 bits per heavy atom. The Balaban J connectivity index is 1.43. The molecule has 0 spiro atoms. The lowest BCUT2D eigenvalue weighted by atomic mass is 10.0. The average molecular weight is 349 g/mol. The van der Waals surface area contributed by atoms with Crippen molar-refractivity contribution in [3.05, 3.63) is 65.7 Å². The van der Waals surface area contributed by atoms with Gasteiger partial charge in [0.1, 0.15) is 17.2 Å². The number of fused-ring (bicyclic) bond motifs is 1. The predicted octanol–water partition coefficient (Wildman–Crippen LogP) is 3.74. The summed E-state index contributed by atoms with van der Waals surface area (Å²) >= 11 is 0. The van der Waals surface area contributed by atoms with Crippen LogP contribution in [0, 0.1) is 0 Å². The van der Waals surface area contributed by atoms with E-state index in [1.807, 2.05) is 36.7 Å². The molecule has 134 valence electrons. The molecule has 2 aromatic heterocycles. The third-order valence-corrected chi connectivity index (χ3v) is 4.91. The number of benzene rings is 1. The fraction of sp³-hybridized carbons (Fsp3) is 0.333. The van der Waals surface area contributed by atoms with E-state index in [1.165, 1.54) is 11.1 Å². The van der Waals surface area contributed by atoms with E-state index in [2.05, 4.69) is 27.2 Å². The second-order valence-corrected chi connectivity index (χ2v) is 6.66. The van der Waals surface area contributed by atoms with Gasteiger partial charge in [-0.2, -0.15) is 0 Å². The summed E-state index contributed by atoms with van der Waals surface area (Å²) in [5, 5.41) is 4.34. The van der Waals surface area contributed by atoms with Crippen molar-refractivity contribution in [1.29, 1.82) is 0 Å². The molecule has 0 saturated heterocycles. The molecule has 3 heterocycles. The van der Waals surface area contributed by atoms with Crippen molar-refractivity contribution in [2.45, 2.75) is 25.8 Å². The lowest BCUT2D eigenvalue weighted by molar-refractivity contribution is 0.234. The maximum Gasteiger partial charge on any atom is 0.143 e. The normalized spacial score (nSPS) is 14.2. The molecule has 5 heteroatoms. The van der Waals surface area contributed by atoms with Gasteiger partial charge in [-0.3, -0.25) is 9.88 Å².